The van der Waals surface area contributed by atoms with Gasteiger partial charge >= 0.3 is 6.36 Å². The van der Waals surface area contributed by atoms with Crippen LogP contribution in [-0.4, -0.2) is 23.3 Å². The molecule has 172 valence electrons. The van der Waals surface area contributed by atoms with Crippen LogP contribution in [0.5, 0.6) is 17.2 Å². The fourth-order valence-electron chi connectivity index (χ4n) is 3.15. The Morgan fingerprint density at radius 2 is 1.47 bits per heavy atom. The highest BCUT2D eigenvalue weighted by Gasteiger charge is 2.36. The summed E-state index contributed by atoms with van der Waals surface area (Å²) in [6, 6.07) is 20.6. The van der Waals surface area contributed by atoms with Crippen molar-refractivity contribution in [2.45, 2.75) is 6.36 Å². The molecule has 0 spiro atoms. The summed E-state index contributed by atoms with van der Waals surface area (Å²) in [6.07, 6.45) is -3.91. The van der Waals surface area contributed by atoms with E-state index in [0.29, 0.717) is 17.2 Å². The molecule has 2 amide bonds. The lowest BCUT2D eigenvalue weighted by molar-refractivity contribution is -0.274. The van der Waals surface area contributed by atoms with Crippen LogP contribution in [0.2, 0.25) is 0 Å². The number of ether oxygens (including phenoxy) is 2. The first-order valence-electron chi connectivity index (χ1n) is 9.80. The molecule has 3 aromatic rings. The van der Waals surface area contributed by atoms with Gasteiger partial charge in [0, 0.05) is 5.56 Å². The fraction of sp³-hybridized carbons (Fsp3) is 0.0417. The van der Waals surface area contributed by atoms with Crippen LogP contribution in [-0.2, 0) is 9.59 Å². The summed E-state index contributed by atoms with van der Waals surface area (Å²) in [7, 11) is 0. The first-order chi connectivity index (χ1) is 16.2. The number of benzene rings is 3. The number of nitrogens with zero attached hydrogens (tertiary/aromatic N) is 1. The van der Waals surface area contributed by atoms with E-state index < -0.39 is 29.5 Å². The monoisotopic (exact) mass is 484 g/mol. The summed E-state index contributed by atoms with van der Waals surface area (Å²) in [6.45, 7) is 0. The predicted octanol–water partition coefficient (Wildman–Crippen LogP) is 5.21. The third-order valence-corrected chi connectivity index (χ3v) is 4.90. The molecule has 0 aromatic heterocycles. The maximum absolute atomic E-state index is 13.1. The average molecular weight is 484 g/mol. The summed E-state index contributed by atoms with van der Waals surface area (Å²) in [4.78, 5) is 26.7. The van der Waals surface area contributed by atoms with E-state index in [0.717, 1.165) is 17.0 Å². The predicted molar refractivity (Wildman–Crippen MR) is 122 cm³/mol. The highest BCUT2D eigenvalue weighted by atomic mass is 32.1. The number of carbonyl (C=O) groups is 2. The van der Waals surface area contributed by atoms with Gasteiger partial charge in [-0.05, 0) is 60.8 Å². The van der Waals surface area contributed by atoms with Crippen molar-refractivity contribution in [2.24, 2.45) is 0 Å². The lowest BCUT2D eigenvalue weighted by Crippen LogP contribution is -2.54. The van der Waals surface area contributed by atoms with E-state index in [1.807, 2.05) is 18.2 Å². The lowest BCUT2D eigenvalue weighted by Gasteiger charge is -2.29. The molecule has 10 heteroatoms. The minimum Gasteiger partial charge on any atom is -0.457 e. The van der Waals surface area contributed by atoms with Gasteiger partial charge in [0.2, 0.25) is 0 Å². The summed E-state index contributed by atoms with van der Waals surface area (Å²) in [5.74, 6) is -1.06. The lowest BCUT2D eigenvalue weighted by atomic mass is 10.1. The molecule has 1 aliphatic heterocycles. The van der Waals surface area contributed by atoms with Crippen molar-refractivity contribution in [3.63, 3.8) is 0 Å². The van der Waals surface area contributed by atoms with Crippen LogP contribution < -0.4 is 19.7 Å². The van der Waals surface area contributed by atoms with Gasteiger partial charge in [0.15, 0.2) is 5.11 Å². The molecule has 1 heterocycles. The number of thiocarbonyl (C=S) groups is 1. The standard InChI is InChI=1S/C24H15F3N2O4S/c25-24(26,27)33-20-9-5-4-6-15(20)14-19-21(30)28-23(34)29(22(19)31)16-10-12-18(13-11-16)32-17-7-2-1-3-8-17/h1-14H,(H,28,30,34)/b19-14-. The maximum atomic E-state index is 13.1. The molecular weight excluding hydrogens is 469 g/mol. The number of alkyl halides is 3. The zero-order valence-electron chi connectivity index (χ0n) is 17.2. The van der Waals surface area contributed by atoms with Crippen molar-refractivity contribution in [3.05, 3.63) is 90.0 Å². The second-order valence-corrected chi connectivity index (χ2v) is 7.34. The Kier molecular flexibility index (Phi) is 6.33. The van der Waals surface area contributed by atoms with Gasteiger partial charge < -0.3 is 9.47 Å². The third kappa shape index (κ3) is 5.24. The Morgan fingerprint density at radius 3 is 2.15 bits per heavy atom. The Morgan fingerprint density at radius 1 is 0.853 bits per heavy atom. The Balaban J connectivity index is 1.62. The molecule has 0 unspecified atom stereocenters. The third-order valence-electron chi connectivity index (χ3n) is 4.62. The first kappa shape index (κ1) is 23.0. The number of hydrogen-bond acceptors (Lipinski definition) is 5. The number of halogens is 3. The molecule has 0 bridgehead atoms. The Bertz CT molecular complexity index is 1280. The molecule has 1 N–H and O–H groups in total. The molecule has 0 atom stereocenters. The highest BCUT2D eigenvalue weighted by Crippen LogP contribution is 2.30. The van der Waals surface area contributed by atoms with Gasteiger partial charge in [0.05, 0.1) is 5.69 Å². The zero-order valence-corrected chi connectivity index (χ0v) is 18.0. The molecule has 1 aliphatic rings. The van der Waals surface area contributed by atoms with E-state index in [9.17, 15) is 22.8 Å². The molecule has 0 radical (unpaired) electrons. The maximum Gasteiger partial charge on any atom is 0.573 e. The van der Waals surface area contributed by atoms with Crippen molar-refractivity contribution in [1.82, 2.24) is 5.32 Å². The van der Waals surface area contributed by atoms with Gasteiger partial charge in [-0.2, -0.15) is 0 Å². The quantitative estimate of drug-likeness (QED) is 0.306. The zero-order chi connectivity index (χ0) is 24.3. The van der Waals surface area contributed by atoms with Crippen LogP contribution in [0.3, 0.4) is 0 Å². The first-order valence-corrected chi connectivity index (χ1v) is 10.2. The number of anilines is 1. The molecule has 0 aliphatic carbocycles. The van der Waals surface area contributed by atoms with Crippen molar-refractivity contribution in [1.29, 1.82) is 0 Å². The van der Waals surface area contributed by atoms with Crippen LogP contribution >= 0.6 is 12.2 Å². The Hall–Kier alpha value is -4.18. The summed E-state index contributed by atoms with van der Waals surface area (Å²) >= 11 is 5.16. The van der Waals surface area contributed by atoms with Crippen molar-refractivity contribution >= 4 is 40.9 Å². The summed E-state index contributed by atoms with van der Waals surface area (Å²) in [5.41, 5.74) is -0.171. The van der Waals surface area contributed by atoms with E-state index >= 15 is 0 Å². The summed E-state index contributed by atoms with van der Waals surface area (Å²) < 4.78 is 47.9. The Labute approximate surface area is 197 Å². The van der Waals surface area contributed by atoms with Gasteiger partial charge in [-0.15, -0.1) is 13.2 Å². The molecular formula is C24H15F3N2O4S. The molecule has 6 nitrogen and oxygen atoms in total. The topological polar surface area (TPSA) is 67.9 Å². The van der Waals surface area contributed by atoms with Gasteiger partial charge in [0.25, 0.3) is 11.8 Å². The molecule has 1 fully saturated rings. The van der Waals surface area contributed by atoms with Gasteiger partial charge in [-0.1, -0.05) is 36.4 Å². The SMILES string of the molecule is O=C1NC(=S)N(c2ccc(Oc3ccccc3)cc2)C(=O)/C1=C\c1ccccc1OC(F)(F)F. The number of para-hydroxylation sites is 2. The number of amides is 2. The second kappa shape index (κ2) is 9.36. The van der Waals surface area contributed by atoms with Crippen molar-refractivity contribution < 1.29 is 32.2 Å². The van der Waals surface area contributed by atoms with Crippen LogP contribution in [0.1, 0.15) is 5.56 Å². The molecule has 4 rings (SSSR count). The minimum atomic E-state index is -4.94. The largest absolute Gasteiger partial charge is 0.573 e. The van der Waals surface area contributed by atoms with Crippen LogP contribution in [0, 0.1) is 0 Å². The second-order valence-electron chi connectivity index (χ2n) is 6.95. The molecule has 1 saturated heterocycles. The van der Waals surface area contributed by atoms with Crippen LogP contribution in [0.25, 0.3) is 6.08 Å². The summed E-state index contributed by atoms with van der Waals surface area (Å²) in [5, 5.41) is 2.22. The van der Waals surface area contributed by atoms with E-state index in [1.165, 1.54) is 18.2 Å². The van der Waals surface area contributed by atoms with Gasteiger partial charge in [-0.25, -0.2) is 0 Å². The average Bonchev–Trinajstić information content (AvgIpc) is 2.78. The molecule has 3 aromatic carbocycles. The number of nitrogens with one attached hydrogen (secondary N) is 1. The van der Waals surface area contributed by atoms with E-state index in [-0.39, 0.29) is 10.7 Å². The molecule has 0 saturated carbocycles. The van der Waals surface area contributed by atoms with E-state index in [1.54, 1.807) is 36.4 Å². The van der Waals surface area contributed by atoms with Gasteiger partial charge in [-0.3, -0.25) is 19.8 Å². The van der Waals surface area contributed by atoms with Crippen LogP contribution in [0.4, 0.5) is 18.9 Å². The van der Waals surface area contributed by atoms with Crippen molar-refractivity contribution in [3.8, 4) is 17.2 Å². The molecule has 34 heavy (non-hydrogen) atoms. The normalized spacial score (nSPS) is 15.3. The van der Waals surface area contributed by atoms with Crippen molar-refractivity contribution in [2.75, 3.05) is 4.90 Å². The number of hydrogen-bond donors (Lipinski definition) is 1. The fourth-order valence-corrected chi connectivity index (χ4v) is 3.43. The number of rotatable bonds is 5. The van der Waals surface area contributed by atoms with E-state index in [4.69, 9.17) is 17.0 Å². The smallest absolute Gasteiger partial charge is 0.457 e. The van der Waals surface area contributed by atoms with Gasteiger partial charge in [0.1, 0.15) is 22.8 Å². The van der Waals surface area contributed by atoms with Crippen LogP contribution in [0.15, 0.2) is 84.4 Å². The number of carbonyl (C=O) groups excluding carboxylic acids is 2. The highest BCUT2D eigenvalue weighted by molar-refractivity contribution is 7.80. The van der Waals surface area contributed by atoms with E-state index in [2.05, 4.69) is 10.1 Å². The minimum absolute atomic E-state index is 0.0993.